The highest BCUT2D eigenvalue weighted by molar-refractivity contribution is 5.40. The number of ether oxygens (including phenoxy) is 2. The van der Waals surface area contributed by atoms with Crippen molar-refractivity contribution in [3.63, 3.8) is 0 Å². The van der Waals surface area contributed by atoms with Gasteiger partial charge in [-0.3, -0.25) is 0 Å². The van der Waals surface area contributed by atoms with Crippen molar-refractivity contribution in [1.29, 1.82) is 0 Å². The Morgan fingerprint density at radius 3 is 2.50 bits per heavy atom. The molecule has 18 heavy (non-hydrogen) atoms. The van der Waals surface area contributed by atoms with Gasteiger partial charge in [-0.15, -0.1) is 0 Å². The van der Waals surface area contributed by atoms with Crippen LogP contribution in [0.4, 0.5) is 0 Å². The van der Waals surface area contributed by atoms with Gasteiger partial charge in [0.15, 0.2) is 0 Å². The largest absolute Gasteiger partial charge is 0.497 e. The van der Waals surface area contributed by atoms with Crippen LogP contribution in [0.5, 0.6) is 11.5 Å². The van der Waals surface area contributed by atoms with Crippen molar-refractivity contribution >= 4 is 0 Å². The van der Waals surface area contributed by atoms with Crippen molar-refractivity contribution in [2.75, 3.05) is 27.3 Å². The second kappa shape index (κ2) is 6.61. The molecule has 0 saturated heterocycles. The minimum absolute atomic E-state index is 0.575. The van der Waals surface area contributed by atoms with Crippen LogP contribution >= 0.6 is 0 Å². The fraction of sp³-hybridized carbons (Fsp3) is 0.571. The number of hydrogen-bond acceptors (Lipinski definition) is 4. The molecule has 0 aliphatic rings. The van der Waals surface area contributed by atoms with Crippen LogP contribution in [0, 0.1) is 0 Å². The molecule has 2 N–H and O–H groups in total. The second-order valence-electron chi connectivity index (χ2n) is 4.92. The molecular weight excluding hydrogens is 230 g/mol. The SMILES string of the molecule is COc1ccc(CCNCC(C)(C)O)c(OC)c1. The van der Waals surface area contributed by atoms with E-state index in [1.165, 1.54) is 0 Å². The van der Waals surface area contributed by atoms with Crippen LogP contribution in [-0.4, -0.2) is 38.0 Å². The minimum Gasteiger partial charge on any atom is -0.497 e. The number of hydrogen-bond donors (Lipinski definition) is 2. The maximum Gasteiger partial charge on any atom is 0.125 e. The quantitative estimate of drug-likeness (QED) is 0.725. The molecule has 0 fully saturated rings. The smallest absolute Gasteiger partial charge is 0.125 e. The average molecular weight is 253 g/mol. The highest BCUT2D eigenvalue weighted by atomic mass is 16.5. The molecule has 0 aliphatic carbocycles. The molecule has 0 amide bonds. The molecule has 4 heteroatoms. The lowest BCUT2D eigenvalue weighted by atomic mass is 10.1. The molecule has 0 radical (unpaired) electrons. The van der Waals surface area contributed by atoms with E-state index < -0.39 is 5.60 Å². The van der Waals surface area contributed by atoms with Crippen LogP contribution in [0.2, 0.25) is 0 Å². The van der Waals surface area contributed by atoms with Gasteiger partial charge in [0.05, 0.1) is 19.8 Å². The van der Waals surface area contributed by atoms with Gasteiger partial charge in [-0.25, -0.2) is 0 Å². The first-order valence-electron chi connectivity index (χ1n) is 6.10. The predicted octanol–water partition coefficient (Wildman–Crippen LogP) is 1.61. The summed E-state index contributed by atoms with van der Waals surface area (Å²) in [6.45, 7) is 4.94. The topological polar surface area (TPSA) is 50.7 Å². The molecule has 0 spiro atoms. The lowest BCUT2D eigenvalue weighted by molar-refractivity contribution is 0.0801. The van der Waals surface area contributed by atoms with E-state index in [9.17, 15) is 5.11 Å². The molecule has 1 rings (SSSR count). The highest BCUT2D eigenvalue weighted by Crippen LogP contribution is 2.24. The molecular formula is C14H23NO3. The van der Waals surface area contributed by atoms with Crippen LogP contribution in [0.3, 0.4) is 0 Å². The molecule has 0 bridgehead atoms. The summed E-state index contributed by atoms with van der Waals surface area (Å²) in [5.74, 6) is 1.62. The van der Waals surface area contributed by atoms with E-state index >= 15 is 0 Å². The second-order valence-corrected chi connectivity index (χ2v) is 4.92. The number of methoxy groups -OCH3 is 2. The zero-order chi connectivity index (χ0) is 13.6. The minimum atomic E-state index is -0.677. The van der Waals surface area contributed by atoms with Crippen LogP contribution < -0.4 is 14.8 Å². The van der Waals surface area contributed by atoms with E-state index in [2.05, 4.69) is 5.32 Å². The summed E-state index contributed by atoms with van der Waals surface area (Å²) in [4.78, 5) is 0. The van der Waals surface area contributed by atoms with Gasteiger partial charge < -0.3 is 19.9 Å². The van der Waals surface area contributed by atoms with E-state index in [0.717, 1.165) is 30.0 Å². The fourth-order valence-electron chi connectivity index (χ4n) is 1.68. The molecule has 0 aliphatic heterocycles. The van der Waals surface area contributed by atoms with Crippen molar-refractivity contribution in [2.45, 2.75) is 25.9 Å². The van der Waals surface area contributed by atoms with Gasteiger partial charge >= 0.3 is 0 Å². The van der Waals surface area contributed by atoms with E-state index in [0.29, 0.717) is 6.54 Å². The standard InChI is InChI=1S/C14H23NO3/c1-14(2,16)10-15-8-7-11-5-6-12(17-3)9-13(11)18-4/h5-6,9,15-16H,7-8,10H2,1-4H3. The first kappa shape index (κ1) is 14.8. The Morgan fingerprint density at radius 2 is 1.94 bits per heavy atom. The molecule has 0 unspecified atom stereocenters. The summed E-state index contributed by atoms with van der Waals surface area (Å²) in [6, 6.07) is 5.81. The first-order valence-corrected chi connectivity index (χ1v) is 6.10. The van der Waals surface area contributed by atoms with Gasteiger partial charge in [0.2, 0.25) is 0 Å². The lowest BCUT2D eigenvalue weighted by Gasteiger charge is -2.18. The maximum absolute atomic E-state index is 9.58. The third-order valence-electron chi connectivity index (χ3n) is 2.62. The molecule has 4 nitrogen and oxygen atoms in total. The first-order chi connectivity index (χ1) is 8.46. The Hall–Kier alpha value is -1.26. The zero-order valence-electron chi connectivity index (χ0n) is 11.6. The van der Waals surface area contributed by atoms with Crippen LogP contribution in [0.15, 0.2) is 18.2 Å². The molecule has 1 aromatic carbocycles. The lowest BCUT2D eigenvalue weighted by Crippen LogP contribution is -2.35. The maximum atomic E-state index is 9.58. The third-order valence-corrected chi connectivity index (χ3v) is 2.62. The van der Waals surface area contributed by atoms with Crippen molar-refractivity contribution in [2.24, 2.45) is 0 Å². The Labute approximate surface area is 109 Å². The van der Waals surface area contributed by atoms with Gasteiger partial charge in [-0.1, -0.05) is 6.07 Å². The van der Waals surface area contributed by atoms with Crippen LogP contribution in [-0.2, 0) is 6.42 Å². The predicted molar refractivity (Wildman–Crippen MR) is 72.4 cm³/mol. The normalized spacial score (nSPS) is 11.4. The average Bonchev–Trinajstić information content (AvgIpc) is 2.33. The van der Waals surface area contributed by atoms with E-state index in [1.54, 1.807) is 28.1 Å². The third kappa shape index (κ3) is 4.94. The number of aliphatic hydroxyl groups is 1. The Morgan fingerprint density at radius 1 is 1.22 bits per heavy atom. The van der Waals surface area contributed by atoms with Gasteiger partial charge in [-0.2, -0.15) is 0 Å². The van der Waals surface area contributed by atoms with E-state index in [-0.39, 0.29) is 0 Å². The van der Waals surface area contributed by atoms with Gasteiger partial charge in [0.1, 0.15) is 11.5 Å². The summed E-state index contributed by atoms with van der Waals surface area (Å²) in [5.41, 5.74) is 0.450. The van der Waals surface area contributed by atoms with Crippen molar-refractivity contribution in [3.05, 3.63) is 23.8 Å². The van der Waals surface area contributed by atoms with Crippen molar-refractivity contribution in [1.82, 2.24) is 5.32 Å². The van der Waals surface area contributed by atoms with Crippen LogP contribution in [0.25, 0.3) is 0 Å². The molecule has 1 aromatic rings. The van der Waals surface area contributed by atoms with Gasteiger partial charge in [0, 0.05) is 12.6 Å². The summed E-state index contributed by atoms with van der Waals surface area (Å²) < 4.78 is 10.5. The monoisotopic (exact) mass is 253 g/mol. The number of benzene rings is 1. The van der Waals surface area contributed by atoms with Gasteiger partial charge in [-0.05, 0) is 38.4 Å². The summed E-state index contributed by atoms with van der Waals surface area (Å²) in [6.07, 6.45) is 0.850. The zero-order valence-corrected chi connectivity index (χ0v) is 11.6. The van der Waals surface area contributed by atoms with E-state index in [1.807, 2.05) is 18.2 Å². The molecule has 102 valence electrons. The fourth-order valence-corrected chi connectivity index (χ4v) is 1.68. The number of nitrogens with one attached hydrogen (secondary N) is 1. The highest BCUT2D eigenvalue weighted by Gasteiger charge is 2.11. The van der Waals surface area contributed by atoms with Crippen molar-refractivity contribution in [3.8, 4) is 11.5 Å². The Balaban J connectivity index is 2.51. The number of rotatable bonds is 7. The van der Waals surface area contributed by atoms with Crippen molar-refractivity contribution < 1.29 is 14.6 Å². The van der Waals surface area contributed by atoms with Gasteiger partial charge in [0.25, 0.3) is 0 Å². The summed E-state index contributed by atoms with van der Waals surface area (Å²) in [5, 5.41) is 12.8. The molecule has 0 heterocycles. The van der Waals surface area contributed by atoms with E-state index in [4.69, 9.17) is 9.47 Å². The summed E-state index contributed by atoms with van der Waals surface area (Å²) >= 11 is 0. The summed E-state index contributed by atoms with van der Waals surface area (Å²) in [7, 11) is 3.29. The Kier molecular flexibility index (Phi) is 5.44. The molecule has 0 atom stereocenters. The van der Waals surface area contributed by atoms with Crippen LogP contribution in [0.1, 0.15) is 19.4 Å². The molecule has 0 aromatic heterocycles. The molecule has 0 saturated carbocycles. The Bertz CT molecular complexity index is 372.